The first-order valence-corrected chi connectivity index (χ1v) is 9.79. The van der Waals surface area contributed by atoms with Crippen LogP contribution in [0.2, 0.25) is 0 Å². The lowest BCUT2D eigenvalue weighted by atomic mass is 10.0. The molecular formula is C19H25N3O4S. The van der Waals surface area contributed by atoms with Gasteiger partial charge in [0.2, 0.25) is 11.7 Å². The summed E-state index contributed by atoms with van der Waals surface area (Å²) in [6.45, 7) is 3.66. The quantitative estimate of drug-likeness (QED) is 0.530. The van der Waals surface area contributed by atoms with Crippen molar-refractivity contribution in [3.05, 3.63) is 40.3 Å². The molecule has 8 heteroatoms. The van der Waals surface area contributed by atoms with Crippen molar-refractivity contribution in [1.82, 2.24) is 14.5 Å². The minimum Gasteiger partial charge on any atom is -0.481 e. The van der Waals surface area contributed by atoms with Gasteiger partial charge in [0.05, 0.1) is 22.8 Å². The van der Waals surface area contributed by atoms with Gasteiger partial charge in [-0.2, -0.15) is 0 Å². The summed E-state index contributed by atoms with van der Waals surface area (Å²) in [5.74, 6) is -1.25. The number of nitrogens with zero attached hydrogens (tertiary/aromatic N) is 2. The summed E-state index contributed by atoms with van der Waals surface area (Å²) in [4.78, 5) is 35.7. The van der Waals surface area contributed by atoms with Gasteiger partial charge in [-0.15, -0.1) is 11.8 Å². The van der Waals surface area contributed by atoms with E-state index >= 15 is 0 Å². The molecule has 2 aromatic rings. The van der Waals surface area contributed by atoms with Gasteiger partial charge in [0.15, 0.2) is 0 Å². The van der Waals surface area contributed by atoms with Crippen LogP contribution in [0.3, 0.4) is 0 Å². The lowest BCUT2D eigenvalue weighted by Crippen LogP contribution is -2.23. The maximum Gasteiger partial charge on any atom is 0.309 e. The standard InChI is InChI=1S/C19H25N3O4S/c1-11-13(8-9-20-12(2)23)15(10-17(24)25)22(4)18(11)19(26)14-6-7-16(27-5)21(14)3/h6-7H,8-10H2,1-5H3,(H,20,23)(H,24,25). The predicted octanol–water partition coefficient (Wildman–Crippen LogP) is 1.93. The average Bonchev–Trinajstić information content (AvgIpc) is 3.06. The highest BCUT2D eigenvalue weighted by atomic mass is 32.2. The van der Waals surface area contributed by atoms with Gasteiger partial charge in [0, 0.05) is 33.3 Å². The molecule has 2 rings (SSSR count). The number of carbonyl (C=O) groups excluding carboxylic acids is 2. The molecule has 27 heavy (non-hydrogen) atoms. The first-order chi connectivity index (χ1) is 12.7. The molecule has 0 spiro atoms. The summed E-state index contributed by atoms with van der Waals surface area (Å²) < 4.78 is 3.52. The number of carboxylic acids is 1. The highest BCUT2D eigenvalue weighted by molar-refractivity contribution is 7.98. The number of thioether (sulfide) groups is 1. The van der Waals surface area contributed by atoms with Crippen LogP contribution in [-0.4, -0.2) is 44.7 Å². The lowest BCUT2D eigenvalue weighted by Gasteiger charge is -2.09. The van der Waals surface area contributed by atoms with Gasteiger partial charge in [-0.3, -0.25) is 14.4 Å². The number of hydrogen-bond acceptors (Lipinski definition) is 4. The fourth-order valence-corrected chi connectivity index (χ4v) is 3.96. The Morgan fingerprint density at radius 1 is 1.19 bits per heavy atom. The van der Waals surface area contributed by atoms with Crippen LogP contribution in [0, 0.1) is 6.92 Å². The van der Waals surface area contributed by atoms with Crippen molar-refractivity contribution in [2.75, 3.05) is 12.8 Å². The highest BCUT2D eigenvalue weighted by Gasteiger charge is 2.26. The Bertz CT molecular complexity index is 895. The second-order valence-corrected chi connectivity index (χ2v) is 7.24. The Morgan fingerprint density at radius 2 is 1.85 bits per heavy atom. The molecule has 2 heterocycles. The number of carbonyl (C=O) groups is 3. The number of ketones is 1. The van der Waals surface area contributed by atoms with Crippen LogP contribution in [0.4, 0.5) is 0 Å². The van der Waals surface area contributed by atoms with E-state index in [2.05, 4.69) is 5.32 Å². The number of aliphatic carboxylic acids is 1. The van der Waals surface area contributed by atoms with Gasteiger partial charge in [-0.05, 0) is 42.9 Å². The van der Waals surface area contributed by atoms with Gasteiger partial charge < -0.3 is 19.6 Å². The summed E-state index contributed by atoms with van der Waals surface area (Å²) in [5, 5.41) is 13.0. The number of hydrogen-bond donors (Lipinski definition) is 2. The van der Waals surface area contributed by atoms with E-state index in [1.54, 1.807) is 29.4 Å². The number of amides is 1. The first kappa shape index (κ1) is 20.8. The lowest BCUT2D eigenvalue weighted by molar-refractivity contribution is -0.136. The van der Waals surface area contributed by atoms with Crippen LogP contribution in [0.5, 0.6) is 0 Å². The SMILES string of the molecule is CSc1ccc(C(=O)c2c(C)c(CCNC(C)=O)c(CC(=O)O)n2C)n1C. The van der Waals surface area contributed by atoms with E-state index in [1.165, 1.54) is 6.92 Å². The number of aromatic nitrogens is 2. The molecule has 0 unspecified atom stereocenters. The molecule has 2 N–H and O–H groups in total. The molecule has 0 atom stereocenters. The van der Waals surface area contributed by atoms with E-state index in [4.69, 9.17) is 0 Å². The molecule has 0 radical (unpaired) electrons. The Hall–Kier alpha value is -2.48. The van der Waals surface area contributed by atoms with E-state index in [0.29, 0.717) is 30.0 Å². The van der Waals surface area contributed by atoms with Crippen LogP contribution < -0.4 is 5.32 Å². The van der Waals surface area contributed by atoms with Gasteiger partial charge in [-0.25, -0.2) is 0 Å². The minimum absolute atomic E-state index is 0.143. The topological polar surface area (TPSA) is 93.3 Å². The smallest absolute Gasteiger partial charge is 0.309 e. The molecule has 2 aromatic heterocycles. The van der Waals surface area contributed by atoms with Gasteiger partial charge in [0.25, 0.3) is 0 Å². The zero-order chi connectivity index (χ0) is 20.3. The highest BCUT2D eigenvalue weighted by Crippen LogP contribution is 2.27. The molecular weight excluding hydrogens is 366 g/mol. The summed E-state index contributed by atoms with van der Waals surface area (Å²) in [6, 6.07) is 3.68. The third-order valence-corrected chi connectivity index (χ3v) is 5.52. The second-order valence-electron chi connectivity index (χ2n) is 6.41. The van der Waals surface area contributed by atoms with E-state index in [1.807, 2.05) is 30.9 Å². The Labute approximate surface area is 162 Å². The summed E-state index contributed by atoms with van der Waals surface area (Å²) in [5.41, 5.74) is 3.19. The number of rotatable bonds is 8. The average molecular weight is 391 g/mol. The van der Waals surface area contributed by atoms with Crippen LogP contribution in [0.15, 0.2) is 17.2 Å². The van der Waals surface area contributed by atoms with Gasteiger partial charge >= 0.3 is 5.97 Å². The monoisotopic (exact) mass is 391 g/mol. The molecule has 0 saturated heterocycles. The molecule has 146 valence electrons. The van der Waals surface area contributed by atoms with Crippen molar-refractivity contribution < 1.29 is 19.5 Å². The maximum atomic E-state index is 13.2. The predicted molar refractivity (Wildman–Crippen MR) is 105 cm³/mol. The van der Waals surface area contributed by atoms with Gasteiger partial charge in [-0.1, -0.05) is 0 Å². The summed E-state index contributed by atoms with van der Waals surface area (Å²) in [6.07, 6.45) is 2.24. The second kappa shape index (κ2) is 8.47. The van der Waals surface area contributed by atoms with Gasteiger partial charge in [0.1, 0.15) is 0 Å². The summed E-state index contributed by atoms with van der Waals surface area (Å²) >= 11 is 1.55. The third kappa shape index (κ3) is 4.27. The zero-order valence-electron chi connectivity index (χ0n) is 16.3. The fraction of sp³-hybridized carbons (Fsp3) is 0.421. The van der Waals surface area contributed by atoms with Crippen molar-refractivity contribution in [2.45, 2.75) is 31.7 Å². The zero-order valence-corrected chi connectivity index (χ0v) is 17.1. The van der Waals surface area contributed by atoms with E-state index in [-0.39, 0.29) is 18.1 Å². The van der Waals surface area contributed by atoms with E-state index < -0.39 is 5.97 Å². The molecule has 0 bridgehead atoms. The number of carboxylic acid groups (broad SMARTS) is 1. The molecule has 1 amide bonds. The normalized spacial score (nSPS) is 10.9. The molecule has 0 fully saturated rings. The molecule has 0 saturated carbocycles. The van der Waals surface area contributed by atoms with Crippen LogP contribution in [0.1, 0.15) is 39.9 Å². The van der Waals surface area contributed by atoms with Crippen LogP contribution in [-0.2, 0) is 36.5 Å². The molecule has 0 aliphatic heterocycles. The van der Waals surface area contributed by atoms with Crippen molar-refractivity contribution in [2.24, 2.45) is 14.1 Å². The summed E-state index contributed by atoms with van der Waals surface area (Å²) in [7, 11) is 3.56. The number of nitrogens with one attached hydrogen (secondary N) is 1. The molecule has 0 aromatic carbocycles. The first-order valence-electron chi connectivity index (χ1n) is 8.56. The molecule has 7 nitrogen and oxygen atoms in total. The van der Waals surface area contributed by atoms with Crippen LogP contribution >= 0.6 is 11.8 Å². The van der Waals surface area contributed by atoms with Crippen molar-refractivity contribution in [1.29, 1.82) is 0 Å². The maximum absolute atomic E-state index is 13.2. The minimum atomic E-state index is -0.959. The Morgan fingerprint density at radius 3 is 2.37 bits per heavy atom. The third-order valence-electron chi connectivity index (χ3n) is 4.70. The fourth-order valence-electron chi connectivity index (χ4n) is 3.38. The van der Waals surface area contributed by atoms with E-state index in [0.717, 1.165) is 16.2 Å². The van der Waals surface area contributed by atoms with Crippen LogP contribution in [0.25, 0.3) is 0 Å². The van der Waals surface area contributed by atoms with Crippen molar-refractivity contribution >= 4 is 29.4 Å². The molecule has 0 aliphatic rings. The van der Waals surface area contributed by atoms with E-state index in [9.17, 15) is 19.5 Å². The largest absolute Gasteiger partial charge is 0.481 e. The van der Waals surface area contributed by atoms with Crippen molar-refractivity contribution in [3.63, 3.8) is 0 Å². The Balaban J connectivity index is 2.50. The Kier molecular flexibility index (Phi) is 6.54. The molecule has 0 aliphatic carbocycles. The van der Waals surface area contributed by atoms with Crippen molar-refractivity contribution in [3.8, 4) is 0 Å².